The van der Waals surface area contributed by atoms with Crippen molar-refractivity contribution in [3.05, 3.63) is 30.3 Å². The van der Waals surface area contributed by atoms with Crippen LogP contribution in [-0.4, -0.2) is 24.2 Å². The van der Waals surface area contributed by atoms with E-state index >= 15 is 0 Å². The van der Waals surface area contributed by atoms with Gasteiger partial charge in [0.1, 0.15) is 5.75 Å². The van der Waals surface area contributed by atoms with Crippen LogP contribution in [0.25, 0.3) is 0 Å². The minimum atomic E-state index is 0.136. The van der Waals surface area contributed by atoms with Crippen molar-refractivity contribution in [2.24, 2.45) is 0 Å². The van der Waals surface area contributed by atoms with E-state index in [4.69, 9.17) is 19.9 Å². The second-order valence-electron chi connectivity index (χ2n) is 3.41. The highest BCUT2D eigenvalue weighted by atomic mass is 16.5. The summed E-state index contributed by atoms with van der Waals surface area (Å²) in [7, 11) is 3.01. The molecule has 2 rings (SSSR count). The lowest BCUT2D eigenvalue weighted by Gasteiger charge is -2.07. The number of methoxy groups -OCH3 is 2. The van der Waals surface area contributed by atoms with Gasteiger partial charge in [-0.2, -0.15) is 9.97 Å². The van der Waals surface area contributed by atoms with Gasteiger partial charge in [0.15, 0.2) is 0 Å². The zero-order valence-corrected chi connectivity index (χ0v) is 10.1. The van der Waals surface area contributed by atoms with E-state index in [1.54, 1.807) is 30.3 Å². The third-order valence-corrected chi connectivity index (χ3v) is 2.14. The first kappa shape index (κ1) is 12.0. The number of nitrogens with zero attached hydrogens (tertiary/aromatic N) is 2. The number of anilines is 1. The smallest absolute Gasteiger partial charge is 0.328 e. The molecule has 0 bridgehead atoms. The van der Waals surface area contributed by atoms with E-state index in [-0.39, 0.29) is 6.01 Å². The molecule has 6 nitrogen and oxygen atoms in total. The first-order valence-electron chi connectivity index (χ1n) is 5.21. The van der Waals surface area contributed by atoms with Gasteiger partial charge in [0, 0.05) is 11.8 Å². The Balaban J connectivity index is 2.28. The standard InChI is InChI=1S/C12H13N3O3/c1-16-10-7-11(17-2)15-12(14-10)18-9-5-3-4-8(13)6-9/h3-7H,13H2,1-2H3. The molecule has 0 atom stereocenters. The number of nitrogens with two attached hydrogens (primary N) is 1. The highest BCUT2D eigenvalue weighted by Crippen LogP contribution is 2.24. The van der Waals surface area contributed by atoms with Crippen molar-refractivity contribution in [1.29, 1.82) is 0 Å². The molecule has 6 heteroatoms. The molecule has 1 aromatic heterocycles. The second kappa shape index (κ2) is 5.22. The first-order valence-corrected chi connectivity index (χ1v) is 5.21. The van der Waals surface area contributed by atoms with Gasteiger partial charge in [0.05, 0.1) is 20.3 Å². The molecule has 18 heavy (non-hydrogen) atoms. The van der Waals surface area contributed by atoms with E-state index in [0.29, 0.717) is 23.2 Å². The summed E-state index contributed by atoms with van der Waals surface area (Å²) in [6.07, 6.45) is 0. The molecule has 0 amide bonds. The number of rotatable bonds is 4. The Labute approximate surface area is 104 Å². The minimum Gasteiger partial charge on any atom is -0.481 e. The Hall–Kier alpha value is -2.50. The van der Waals surface area contributed by atoms with Crippen LogP contribution >= 0.6 is 0 Å². The number of hydrogen-bond donors (Lipinski definition) is 1. The van der Waals surface area contributed by atoms with E-state index in [1.807, 2.05) is 0 Å². The molecule has 0 aliphatic carbocycles. The van der Waals surface area contributed by atoms with E-state index < -0.39 is 0 Å². The molecule has 0 unspecified atom stereocenters. The molecular formula is C12H13N3O3. The largest absolute Gasteiger partial charge is 0.481 e. The highest BCUT2D eigenvalue weighted by Gasteiger charge is 2.07. The Morgan fingerprint density at radius 2 is 1.67 bits per heavy atom. The fourth-order valence-corrected chi connectivity index (χ4v) is 1.32. The summed E-state index contributed by atoms with van der Waals surface area (Å²) >= 11 is 0. The van der Waals surface area contributed by atoms with Gasteiger partial charge in [-0.3, -0.25) is 0 Å². The average molecular weight is 247 g/mol. The molecule has 2 aromatic rings. The molecule has 0 saturated heterocycles. The predicted molar refractivity (Wildman–Crippen MR) is 66.1 cm³/mol. The molecule has 0 aliphatic heterocycles. The van der Waals surface area contributed by atoms with Crippen LogP contribution in [0.4, 0.5) is 5.69 Å². The summed E-state index contributed by atoms with van der Waals surface area (Å²) in [5.41, 5.74) is 6.25. The van der Waals surface area contributed by atoms with Crippen LogP contribution in [0.5, 0.6) is 23.5 Å². The summed E-state index contributed by atoms with van der Waals surface area (Å²) in [6.45, 7) is 0. The maximum Gasteiger partial charge on any atom is 0.328 e. The zero-order valence-electron chi connectivity index (χ0n) is 10.1. The van der Waals surface area contributed by atoms with Gasteiger partial charge in [0.2, 0.25) is 11.8 Å². The summed E-state index contributed by atoms with van der Waals surface area (Å²) < 4.78 is 15.5. The lowest BCUT2D eigenvalue weighted by Crippen LogP contribution is -1.98. The Kier molecular flexibility index (Phi) is 3.47. The fraction of sp³-hybridized carbons (Fsp3) is 0.167. The van der Waals surface area contributed by atoms with E-state index in [2.05, 4.69) is 9.97 Å². The van der Waals surface area contributed by atoms with E-state index in [1.165, 1.54) is 14.2 Å². The molecule has 1 heterocycles. The van der Waals surface area contributed by atoms with Gasteiger partial charge >= 0.3 is 6.01 Å². The summed E-state index contributed by atoms with van der Waals surface area (Å²) in [5, 5.41) is 0. The van der Waals surface area contributed by atoms with Crippen LogP contribution in [0, 0.1) is 0 Å². The van der Waals surface area contributed by atoms with Crippen molar-refractivity contribution in [2.45, 2.75) is 0 Å². The number of ether oxygens (including phenoxy) is 3. The number of nitrogen functional groups attached to an aromatic ring is 1. The maximum atomic E-state index is 5.65. The maximum absolute atomic E-state index is 5.65. The average Bonchev–Trinajstić information content (AvgIpc) is 2.38. The van der Waals surface area contributed by atoms with E-state index in [9.17, 15) is 0 Å². The lowest BCUT2D eigenvalue weighted by atomic mass is 10.3. The van der Waals surface area contributed by atoms with Crippen LogP contribution in [0.15, 0.2) is 30.3 Å². The zero-order chi connectivity index (χ0) is 13.0. The van der Waals surface area contributed by atoms with Crippen LogP contribution in [0.2, 0.25) is 0 Å². The Morgan fingerprint density at radius 1 is 1.00 bits per heavy atom. The monoisotopic (exact) mass is 247 g/mol. The van der Waals surface area contributed by atoms with Crippen molar-refractivity contribution < 1.29 is 14.2 Å². The summed E-state index contributed by atoms with van der Waals surface area (Å²) in [6, 6.07) is 8.67. The van der Waals surface area contributed by atoms with Crippen molar-refractivity contribution in [1.82, 2.24) is 9.97 Å². The molecule has 0 aliphatic rings. The number of aromatic nitrogens is 2. The third kappa shape index (κ3) is 2.79. The number of hydrogen-bond acceptors (Lipinski definition) is 6. The van der Waals surface area contributed by atoms with Gasteiger partial charge in [-0.15, -0.1) is 0 Å². The summed E-state index contributed by atoms with van der Waals surface area (Å²) in [4.78, 5) is 8.10. The Morgan fingerprint density at radius 3 is 2.22 bits per heavy atom. The predicted octanol–water partition coefficient (Wildman–Crippen LogP) is 1.87. The van der Waals surface area contributed by atoms with Gasteiger partial charge in [0.25, 0.3) is 0 Å². The third-order valence-electron chi connectivity index (χ3n) is 2.14. The SMILES string of the molecule is COc1cc(OC)nc(Oc2cccc(N)c2)n1. The number of benzene rings is 1. The first-order chi connectivity index (χ1) is 8.71. The quantitative estimate of drug-likeness (QED) is 0.831. The van der Waals surface area contributed by atoms with Gasteiger partial charge in [-0.05, 0) is 12.1 Å². The molecule has 1 aromatic carbocycles. The van der Waals surface area contributed by atoms with Crippen molar-refractivity contribution in [3.8, 4) is 23.5 Å². The molecule has 0 spiro atoms. The fourth-order valence-electron chi connectivity index (χ4n) is 1.32. The van der Waals surface area contributed by atoms with Crippen molar-refractivity contribution in [3.63, 3.8) is 0 Å². The van der Waals surface area contributed by atoms with Crippen molar-refractivity contribution >= 4 is 5.69 Å². The summed E-state index contributed by atoms with van der Waals surface area (Å²) in [5.74, 6) is 1.27. The molecule has 0 fully saturated rings. The molecule has 0 saturated carbocycles. The molecule has 94 valence electrons. The normalized spacial score (nSPS) is 9.89. The van der Waals surface area contributed by atoms with Gasteiger partial charge in [-0.1, -0.05) is 6.07 Å². The molecular weight excluding hydrogens is 234 g/mol. The Bertz CT molecular complexity index is 524. The van der Waals surface area contributed by atoms with Crippen LogP contribution < -0.4 is 19.9 Å². The van der Waals surface area contributed by atoms with Crippen LogP contribution in [0.3, 0.4) is 0 Å². The van der Waals surface area contributed by atoms with Crippen LogP contribution in [-0.2, 0) is 0 Å². The molecule has 0 radical (unpaired) electrons. The van der Waals surface area contributed by atoms with E-state index in [0.717, 1.165) is 0 Å². The second-order valence-corrected chi connectivity index (χ2v) is 3.41. The lowest BCUT2D eigenvalue weighted by molar-refractivity contribution is 0.348. The van der Waals surface area contributed by atoms with Crippen molar-refractivity contribution in [2.75, 3.05) is 20.0 Å². The van der Waals surface area contributed by atoms with Gasteiger partial charge in [-0.25, -0.2) is 0 Å². The molecule has 2 N–H and O–H groups in total. The van der Waals surface area contributed by atoms with Crippen LogP contribution in [0.1, 0.15) is 0 Å². The minimum absolute atomic E-state index is 0.136. The topological polar surface area (TPSA) is 79.5 Å². The van der Waals surface area contributed by atoms with Gasteiger partial charge < -0.3 is 19.9 Å². The highest BCUT2D eigenvalue weighted by molar-refractivity contribution is 5.44.